The van der Waals surface area contributed by atoms with Crippen molar-refractivity contribution in [2.45, 2.75) is 19.3 Å². The first-order chi connectivity index (χ1) is 20.0. The van der Waals surface area contributed by atoms with E-state index in [0.29, 0.717) is 0 Å². The number of rotatable bonds is 4. The molecule has 198 valence electrons. The zero-order valence-corrected chi connectivity index (χ0v) is 23.1. The molecule has 2 N–H and O–H groups in total. The third-order valence-corrected chi connectivity index (χ3v) is 8.79. The molecule has 0 aromatic heterocycles. The highest BCUT2D eigenvalue weighted by Crippen LogP contribution is 2.60. The van der Waals surface area contributed by atoms with E-state index in [2.05, 4.69) is 72.8 Å². The summed E-state index contributed by atoms with van der Waals surface area (Å²) in [5, 5.41) is 24.2. The van der Waals surface area contributed by atoms with Crippen LogP contribution in [-0.4, -0.2) is 10.2 Å². The number of hydrogen-bond acceptors (Lipinski definition) is 2. The molecule has 0 saturated carbocycles. The molecule has 1 aliphatic carbocycles. The molecule has 6 aromatic rings. The predicted molar refractivity (Wildman–Crippen MR) is 167 cm³/mol. The van der Waals surface area contributed by atoms with Crippen LogP contribution in [0.4, 0.5) is 0 Å². The second-order valence-electron chi connectivity index (χ2n) is 10.8. The van der Waals surface area contributed by atoms with Crippen molar-refractivity contribution in [2.75, 3.05) is 0 Å². The molecule has 6 aromatic carbocycles. The maximum Gasteiger partial charge on any atom is 0.123 e. The van der Waals surface area contributed by atoms with Crippen molar-refractivity contribution in [1.29, 1.82) is 0 Å². The first-order valence-electron chi connectivity index (χ1n) is 14.0. The van der Waals surface area contributed by atoms with Gasteiger partial charge >= 0.3 is 0 Å². The van der Waals surface area contributed by atoms with Gasteiger partial charge in [-0.2, -0.15) is 0 Å². The van der Waals surface area contributed by atoms with Gasteiger partial charge in [0.1, 0.15) is 11.5 Å². The Labute approximate surface area is 240 Å². The van der Waals surface area contributed by atoms with E-state index >= 15 is 0 Å². The topological polar surface area (TPSA) is 40.5 Å². The van der Waals surface area contributed by atoms with Gasteiger partial charge in [0.25, 0.3) is 0 Å². The second kappa shape index (κ2) is 9.53. The van der Waals surface area contributed by atoms with Crippen molar-refractivity contribution in [2.24, 2.45) is 0 Å². The third-order valence-electron chi connectivity index (χ3n) is 8.79. The molecular weight excluding hydrogens is 500 g/mol. The van der Waals surface area contributed by atoms with Gasteiger partial charge in [-0.05, 0) is 69.5 Å². The Hall–Kier alpha value is -5.08. The lowest BCUT2D eigenvalue weighted by atomic mass is 9.66. The summed E-state index contributed by atoms with van der Waals surface area (Å²) < 4.78 is 0. The first kappa shape index (κ1) is 24.9. The molecule has 0 bridgehead atoms. The van der Waals surface area contributed by atoms with Crippen LogP contribution in [0.2, 0.25) is 0 Å². The number of phenols is 2. The molecule has 0 radical (unpaired) electrons. The number of hydrogen-bond donors (Lipinski definition) is 2. The molecule has 0 amide bonds. The van der Waals surface area contributed by atoms with Gasteiger partial charge in [0, 0.05) is 11.1 Å². The highest BCUT2D eigenvalue weighted by Gasteiger charge is 2.49. The smallest absolute Gasteiger partial charge is 0.123 e. The van der Waals surface area contributed by atoms with Gasteiger partial charge in [-0.15, -0.1) is 0 Å². The van der Waals surface area contributed by atoms with Crippen LogP contribution < -0.4 is 0 Å². The van der Waals surface area contributed by atoms with Gasteiger partial charge < -0.3 is 10.2 Å². The Bertz CT molecular complexity index is 1780. The monoisotopic (exact) mass is 530 g/mol. The zero-order chi connectivity index (χ0) is 28.1. The highest BCUT2D eigenvalue weighted by molar-refractivity contribution is 5.89. The fourth-order valence-corrected chi connectivity index (χ4v) is 6.83. The minimum Gasteiger partial charge on any atom is -0.507 e. The van der Waals surface area contributed by atoms with E-state index in [1.807, 2.05) is 74.5 Å². The summed E-state index contributed by atoms with van der Waals surface area (Å²) in [6, 6.07) is 45.4. The number of phenolic OH excluding ortho intramolecular Hbond substituents is 2. The van der Waals surface area contributed by atoms with Crippen molar-refractivity contribution in [1.82, 2.24) is 0 Å². The van der Waals surface area contributed by atoms with Crippen molar-refractivity contribution in [3.05, 3.63) is 167 Å². The van der Waals surface area contributed by atoms with E-state index in [4.69, 9.17) is 0 Å². The van der Waals surface area contributed by atoms with Crippen molar-refractivity contribution in [3.63, 3.8) is 0 Å². The summed E-state index contributed by atoms with van der Waals surface area (Å²) in [6.07, 6.45) is 0. The summed E-state index contributed by atoms with van der Waals surface area (Å²) in [7, 11) is 0. The Morgan fingerprint density at radius 3 is 1.15 bits per heavy atom. The molecule has 41 heavy (non-hydrogen) atoms. The average molecular weight is 531 g/mol. The van der Waals surface area contributed by atoms with Crippen LogP contribution in [-0.2, 0) is 5.41 Å². The molecule has 2 heteroatoms. The van der Waals surface area contributed by atoms with Gasteiger partial charge in [0.05, 0.1) is 5.41 Å². The normalized spacial score (nSPS) is 13.0. The Morgan fingerprint density at radius 1 is 0.366 bits per heavy atom. The van der Waals surface area contributed by atoms with Gasteiger partial charge in [0.15, 0.2) is 0 Å². The summed E-state index contributed by atoms with van der Waals surface area (Å²) in [6.45, 7) is 3.95. The largest absolute Gasteiger partial charge is 0.507 e. The number of aromatic hydroxyl groups is 2. The molecule has 0 spiro atoms. The van der Waals surface area contributed by atoms with Crippen LogP contribution in [0.5, 0.6) is 11.5 Å². The molecule has 0 aliphatic heterocycles. The molecule has 0 saturated heterocycles. The van der Waals surface area contributed by atoms with Crippen LogP contribution in [0.3, 0.4) is 0 Å². The maximum atomic E-state index is 12.1. The van der Waals surface area contributed by atoms with Gasteiger partial charge in [-0.1, -0.05) is 133 Å². The fourth-order valence-electron chi connectivity index (χ4n) is 6.83. The lowest BCUT2D eigenvalue weighted by molar-refractivity contribution is 0.444. The molecule has 0 heterocycles. The van der Waals surface area contributed by atoms with E-state index in [1.54, 1.807) is 0 Å². The molecule has 1 aliphatic rings. The van der Waals surface area contributed by atoms with Crippen LogP contribution in [0.25, 0.3) is 33.4 Å². The zero-order valence-electron chi connectivity index (χ0n) is 23.1. The lowest BCUT2D eigenvalue weighted by Crippen LogP contribution is -2.29. The van der Waals surface area contributed by atoms with E-state index < -0.39 is 5.41 Å². The van der Waals surface area contributed by atoms with Crippen LogP contribution in [0, 0.1) is 13.8 Å². The van der Waals surface area contributed by atoms with Crippen LogP contribution in [0.1, 0.15) is 33.4 Å². The van der Waals surface area contributed by atoms with E-state index in [1.165, 1.54) is 0 Å². The van der Waals surface area contributed by atoms with Crippen LogP contribution >= 0.6 is 0 Å². The SMILES string of the molecule is Cc1c(-c2ccccc2)ccc(C2(c3ccc(-c4ccccc4)c(C)c3O)c3ccccc3-c3ccccc32)c1O. The van der Waals surface area contributed by atoms with Crippen molar-refractivity contribution < 1.29 is 10.2 Å². The summed E-state index contributed by atoms with van der Waals surface area (Å²) in [5.74, 6) is 0.476. The van der Waals surface area contributed by atoms with Gasteiger partial charge in [-0.25, -0.2) is 0 Å². The van der Waals surface area contributed by atoms with E-state index in [-0.39, 0.29) is 11.5 Å². The Kier molecular flexibility index (Phi) is 5.80. The summed E-state index contributed by atoms with van der Waals surface area (Å²) in [5.41, 5.74) is 10.6. The molecular formula is C39H30O2. The Morgan fingerprint density at radius 2 is 0.732 bits per heavy atom. The minimum absolute atomic E-state index is 0.238. The first-order valence-corrected chi connectivity index (χ1v) is 14.0. The van der Waals surface area contributed by atoms with Crippen molar-refractivity contribution >= 4 is 0 Å². The lowest BCUT2D eigenvalue weighted by Gasteiger charge is -2.36. The predicted octanol–water partition coefficient (Wildman–Crippen LogP) is 9.41. The minimum atomic E-state index is -0.915. The van der Waals surface area contributed by atoms with E-state index in [9.17, 15) is 10.2 Å². The molecule has 0 unspecified atom stereocenters. The average Bonchev–Trinajstić information content (AvgIpc) is 3.31. The molecule has 0 fully saturated rings. The highest BCUT2D eigenvalue weighted by atomic mass is 16.3. The molecule has 7 rings (SSSR count). The maximum absolute atomic E-state index is 12.1. The number of fused-ring (bicyclic) bond motifs is 3. The summed E-state index contributed by atoms with van der Waals surface area (Å²) >= 11 is 0. The molecule has 2 nitrogen and oxygen atoms in total. The quantitative estimate of drug-likeness (QED) is 0.238. The summed E-state index contributed by atoms with van der Waals surface area (Å²) in [4.78, 5) is 0. The van der Waals surface area contributed by atoms with Gasteiger partial charge in [-0.3, -0.25) is 0 Å². The molecule has 0 atom stereocenters. The van der Waals surface area contributed by atoms with E-state index in [0.717, 1.165) is 66.8 Å². The fraction of sp³-hybridized carbons (Fsp3) is 0.0769. The third kappa shape index (κ3) is 3.57. The number of benzene rings is 6. The Balaban J connectivity index is 1.58. The standard InChI is InChI=1S/C39H30O2/c1-25-29(27-13-5-3-6-14-27)21-23-35(37(25)40)39(33-19-11-9-17-31(33)32-18-10-12-20-34(32)39)36-24-22-30(26(2)38(36)41)28-15-7-4-8-16-28/h3-24,40-41H,1-2H3. The van der Waals surface area contributed by atoms with Gasteiger partial charge in [0.2, 0.25) is 0 Å². The van der Waals surface area contributed by atoms with Crippen LogP contribution in [0.15, 0.2) is 133 Å². The van der Waals surface area contributed by atoms with Crippen molar-refractivity contribution in [3.8, 4) is 44.9 Å². The second-order valence-corrected chi connectivity index (χ2v) is 10.8.